The lowest BCUT2D eigenvalue weighted by Crippen LogP contribution is -2.10. The number of hydrogen-bond acceptors (Lipinski definition) is 4. The molecule has 0 aliphatic carbocycles. The van der Waals surface area contributed by atoms with Crippen LogP contribution in [0.15, 0.2) is 78.6 Å². The molecule has 0 spiro atoms. The van der Waals surface area contributed by atoms with E-state index in [9.17, 15) is 14.0 Å². The van der Waals surface area contributed by atoms with Crippen molar-refractivity contribution < 1.29 is 23.5 Å². The number of benzene rings is 3. The summed E-state index contributed by atoms with van der Waals surface area (Å²) in [6, 6.07) is 19.3. The standard InChI is InChI=1S/C22H13FO4/c23-18-9-5-4-8-16(18)22(25)26-15-10-11-17-19(13-15)27-20(21(17)24)12-14-6-2-1-3-7-14/h1-13H. The third-order valence-corrected chi connectivity index (χ3v) is 4.04. The van der Waals surface area contributed by atoms with Crippen molar-refractivity contribution in [2.75, 3.05) is 0 Å². The number of hydrogen-bond donors (Lipinski definition) is 0. The molecule has 0 saturated carbocycles. The van der Waals surface area contributed by atoms with E-state index < -0.39 is 11.8 Å². The van der Waals surface area contributed by atoms with Crippen molar-refractivity contribution in [1.29, 1.82) is 0 Å². The van der Waals surface area contributed by atoms with Gasteiger partial charge in [-0.15, -0.1) is 0 Å². The topological polar surface area (TPSA) is 52.6 Å². The second-order valence-electron chi connectivity index (χ2n) is 5.88. The number of allylic oxidation sites excluding steroid dienone is 1. The Balaban J connectivity index is 1.57. The van der Waals surface area contributed by atoms with E-state index in [0.717, 1.165) is 5.56 Å². The largest absolute Gasteiger partial charge is 0.452 e. The quantitative estimate of drug-likeness (QED) is 0.387. The summed E-state index contributed by atoms with van der Waals surface area (Å²) in [6.45, 7) is 0. The monoisotopic (exact) mass is 360 g/mol. The highest BCUT2D eigenvalue weighted by atomic mass is 19.1. The fraction of sp³-hybridized carbons (Fsp3) is 0. The van der Waals surface area contributed by atoms with Gasteiger partial charge in [0.25, 0.3) is 0 Å². The minimum atomic E-state index is -0.822. The van der Waals surface area contributed by atoms with Crippen LogP contribution in [0.25, 0.3) is 6.08 Å². The van der Waals surface area contributed by atoms with Gasteiger partial charge in [-0.05, 0) is 35.9 Å². The zero-order valence-corrected chi connectivity index (χ0v) is 14.0. The minimum absolute atomic E-state index is 0.163. The van der Waals surface area contributed by atoms with Gasteiger partial charge in [-0.1, -0.05) is 42.5 Å². The van der Waals surface area contributed by atoms with Crippen LogP contribution in [0.4, 0.5) is 4.39 Å². The summed E-state index contributed by atoms with van der Waals surface area (Å²) in [7, 11) is 0. The van der Waals surface area contributed by atoms with Gasteiger partial charge in [0.2, 0.25) is 5.78 Å². The first kappa shape index (κ1) is 16.7. The predicted octanol–water partition coefficient (Wildman–Crippen LogP) is 4.66. The molecule has 0 unspecified atom stereocenters. The van der Waals surface area contributed by atoms with Crippen LogP contribution in [0.3, 0.4) is 0 Å². The van der Waals surface area contributed by atoms with E-state index in [-0.39, 0.29) is 22.9 Å². The molecule has 1 heterocycles. The highest BCUT2D eigenvalue weighted by molar-refractivity contribution is 6.14. The first-order valence-electron chi connectivity index (χ1n) is 8.22. The molecular weight excluding hydrogens is 347 g/mol. The van der Waals surface area contributed by atoms with Crippen molar-refractivity contribution in [1.82, 2.24) is 0 Å². The Morgan fingerprint density at radius 3 is 2.48 bits per heavy atom. The van der Waals surface area contributed by atoms with Gasteiger partial charge < -0.3 is 9.47 Å². The smallest absolute Gasteiger partial charge is 0.346 e. The zero-order valence-electron chi connectivity index (χ0n) is 14.0. The lowest BCUT2D eigenvalue weighted by molar-refractivity contribution is 0.0729. The van der Waals surface area contributed by atoms with E-state index in [1.165, 1.54) is 36.4 Å². The fourth-order valence-electron chi connectivity index (χ4n) is 2.72. The normalized spacial score (nSPS) is 14.0. The van der Waals surface area contributed by atoms with Gasteiger partial charge in [0.05, 0.1) is 11.1 Å². The van der Waals surface area contributed by atoms with Crippen molar-refractivity contribution in [2.45, 2.75) is 0 Å². The number of esters is 1. The second-order valence-corrected chi connectivity index (χ2v) is 5.88. The Labute approximate surface area is 154 Å². The molecule has 0 bridgehead atoms. The molecule has 4 rings (SSSR count). The Morgan fingerprint density at radius 2 is 1.70 bits per heavy atom. The molecule has 132 valence electrons. The number of carbonyl (C=O) groups excluding carboxylic acids is 2. The van der Waals surface area contributed by atoms with Crippen molar-refractivity contribution >= 4 is 17.8 Å². The van der Waals surface area contributed by atoms with E-state index in [2.05, 4.69) is 0 Å². The number of fused-ring (bicyclic) bond motifs is 1. The average Bonchev–Trinajstić information content (AvgIpc) is 2.98. The number of ketones is 1. The molecule has 5 heteroatoms. The molecule has 0 amide bonds. The average molecular weight is 360 g/mol. The van der Waals surface area contributed by atoms with E-state index in [1.807, 2.05) is 30.3 Å². The third-order valence-electron chi connectivity index (χ3n) is 4.04. The molecule has 3 aromatic carbocycles. The molecule has 4 nitrogen and oxygen atoms in total. The van der Waals surface area contributed by atoms with Crippen LogP contribution in [-0.4, -0.2) is 11.8 Å². The molecule has 1 aliphatic rings. The minimum Gasteiger partial charge on any atom is -0.452 e. The predicted molar refractivity (Wildman–Crippen MR) is 97.2 cm³/mol. The van der Waals surface area contributed by atoms with Crippen molar-refractivity contribution in [3.05, 3.63) is 101 Å². The van der Waals surface area contributed by atoms with Crippen LogP contribution in [0.1, 0.15) is 26.3 Å². The summed E-state index contributed by atoms with van der Waals surface area (Å²) in [5.74, 6) is -1.09. The lowest BCUT2D eigenvalue weighted by Gasteiger charge is -2.06. The van der Waals surface area contributed by atoms with Crippen LogP contribution in [0.5, 0.6) is 11.5 Å². The summed E-state index contributed by atoms with van der Waals surface area (Å²) in [6.07, 6.45) is 1.65. The molecule has 0 N–H and O–H groups in total. The number of halogens is 1. The summed E-state index contributed by atoms with van der Waals surface area (Å²) in [5.41, 5.74) is 1.04. The fourth-order valence-corrected chi connectivity index (χ4v) is 2.72. The highest BCUT2D eigenvalue weighted by Gasteiger charge is 2.28. The van der Waals surface area contributed by atoms with E-state index >= 15 is 0 Å². The first-order chi connectivity index (χ1) is 13.1. The summed E-state index contributed by atoms with van der Waals surface area (Å²) >= 11 is 0. The second kappa shape index (κ2) is 6.88. The van der Waals surface area contributed by atoms with Crippen molar-refractivity contribution in [3.8, 4) is 11.5 Å². The summed E-state index contributed by atoms with van der Waals surface area (Å²) in [5, 5.41) is 0. The van der Waals surface area contributed by atoms with Crippen molar-refractivity contribution in [3.63, 3.8) is 0 Å². The molecule has 0 fully saturated rings. The Hall–Kier alpha value is -3.73. The maximum absolute atomic E-state index is 13.7. The van der Waals surface area contributed by atoms with Crippen LogP contribution >= 0.6 is 0 Å². The van der Waals surface area contributed by atoms with E-state index in [1.54, 1.807) is 12.1 Å². The van der Waals surface area contributed by atoms with Crippen LogP contribution in [0.2, 0.25) is 0 Å². The molecule has 0 atom stereocenters. The van der Waals surface area contributed by atoms with E-state index in [4.69, 9.17) is 9.47 Å². The molecule has 3 aromatic rings. The highest BCUT2D eigenvalue weighted by Crippen LogP contribution is 2.35. The number of Topliss-reactive ketones (excluding diaryl/α,β-unsaturated/α-hetero) is 1. The number of rotatable bonds is 3. The van der Waals surface area contributed by atoms with Gasteiger partial charge in [0.1, 0.15) is 17.3 Å². The first-order valence-corrected chi connectivity index (χ1v) is 8.22. The molecule has 0 aromatic heterocycles. The Morgan fingerprint density at radius 1 is 0.963 bits per heavy atom. The van der Waals surface area contributed by atoms with Crippen LogP contribution in [-0.2, 0) is 0 Å². The van der Waals surface area contributed by atoms with Crippen LogP contribution < -0.4 is 9.47 Å². The lowest BCUT2D eigenvalue weighted by atomic mass is 10.1. The zero-order chi connectivity index (χ0) is 18.8. The Bertz CT molecular complexity index is 1070. The van der Waals surface area contributed by atoms with Gasteiger partial charge in [0, 0.05) is 6.07 Å². The van der Waals surface area contributed by atoms with Gasteiger partial charge in [-0.2, -0.15) is 0 Å². The van der Waals surface area contributed by atoms with Crippen molar-refractivity contribution in [2.24, 2.45) is 0 Å². The molecule has 1 aliphatic heterocycles. The molecule has 0 radical (unpaired) electrons. The number of carbonyl (C=O) groups is 2. The van der Waals surface area contributed by atoms with Gasteiger partial charge in [-0.25, -0.2) is 9.18 Å². The molecule has 0 saturated heterocycles. The summed E-state index contributed by atoms with van der Waals surface area (Å²) in [4.78, 5) is 24.6. The number of ether oxygens (including phenoxy) is 2. The third kappa shape index (κ3) is 3.35. The molecule has 27 heavy (non-hydrogen) atoms. The van der Waals surface area contributed by atoms with Gasteiger partial charge in [0.15, 0.2) is 5.76 Å². The molecular formula is C22H13FO4. The van der Waals surface area contributed by atoms with Gasteiger partial charge >= 0.3 is 5.97 Å². The SMILES string of the molecule is O=C(Oc1ccc2c(c1)OC(=Cc1ccccc1)C2=O)c1ccccc1F. The van der Waals surface area contributed by atoms with Gasteiger partial charge in [-0.3, -0.25) is 4.79 Å². The maximum Gasteiger partial charge on any atom is 0.346 e. The maximum atomic E-state index is 13.7. The van der Waals surface area contributed by atoms with Crippen LogP contribution in [0, 0.1) is 5.82 Å². The van der Waals surface area contributed by atoms with E-state index in [0.29, 0.717) is 11.3 Å². The summed E-state index contributed by atoms with van der Waals surface area (Å²) < 4.78 is 24.5. The Kier molecular flexibility index (Phi) is 4.26.